The first-order chi connectivity index (χ1) is 13.2. The van der Waals surface area contributed by atoms with Crippen LogP contribution in [0.2, 0.25) is 0 Å². The third-order valence-corrected chi connectivity index (χ3v) is 5.12. The van der Waals surface area contributed by atoms with Crippen LogP contribution < -0.4 is 14.2 Å². The first-order valence-corrected chi connectivity index (χ1v) is 9.48. The van der Waals surface area contributed by atoms with Crippen LogP contribution in [0.25, 0.3) is 0 Å². The maximum Gasteiger partial charge on any atom is 0.277 e. The van der Waals surface area contributed by atoms with E-state index in [9.17, 15) is 0 Å². The summed E-state index contributed by atoms with van der Waals surface area (Å²) in [6.07, 6.45) is 1.40. The van der Waals surface area contributed by atoms with Crippen LogP contribution in [0.5, 0.6) is 17.2 Å². The van der Waals surface area contributed by atoms with E-state index >= 15 is 0 Å². The molecule has 3 aromatic rings. The molecule has 1 atom stereocenters. The molecule has 0 saturated carbocycles. The van der Waals surface area contributed by atoms with Gasteiger partial charge in [-0.25, -0.2) is 0 Å². The van der Waals surface area contributed by atoms with E-state index in [0.717, 1.165) is 28.3 Å². The number of aryl methyl sites for hydroxylation is 1. The Bertz CT molecular complexity index is 960. The minimum absolute atomic E-state index is 0.332. The van der Waals surface area contributed by atoms with Crippen molar-refractivity contribution in [3.05, 3.63) is 53.2 Å². The second kappa shape index (κ2) is 7.48. The second-order valence-electron chi connectivity index (χ2n) is 6.11. The molecule has 3 heterocycles. The first-order valence-electron chi connectivity index (χ1n) is 8.49. The van der Waals surface area contributed by atoms with Gasteiger partial charge in [-0.2, -0.15) is 0 Å². The Kier molecular flexibility index (Phi) is 4.89. The van der Waals surface area contributed by atoms with Gasteiger partial charge in [-0.1, -0.05) is 23.9 Å². The van der Waals surface area contributed by atoms with E-state index in [4.69, 9.17) is 18.6 Å². The SMILES string of the molecule is COc1c(C)cnc(CSc2nnc(C3COc4ccccc4O3)o2)c1C. The highest BCUT2D eigenvalue weighted by Gasteiger charge is 2.27. The summed E-state index contributed by atoms with van der Waals surface area (Å²) in [5, 5.41) is 8.68. The predicted octanol–water partition coefficient (Wildman–Crippen LogP) is 3.89. The molecule has 7 nitrogen and oxygen atoms in total. The summed E-state index contributed by atoms with van der Waals surface area (Å²) < 4.78 is 22.8. The normalized spacial score (nSPS) is 15.6. The van der Waals surface area contributed by atoms with Gasteiger partial charge in [-0.05, 0) is 26.0 Å². The molecule has 0 aliphatic carbocycles. The van der Waals surface area contributed by atoms with E-state index in [2.05, 4.69) is 15.2 Å². The lowest BCUT2D eigenvalue weighted by molar-refractivity contribution is 0.0686. The van der Waals surface area contributed by atoms with Crippen LogP contribution in [0.15, 0.2) is 40.1 Å². The molecule has 27 heavy (non-hydrogen) atoms. The van der Waals surface area contributed by atoms with E-state index < -0.39 is 6.10 Å². The Morgan fingerprint density at radius 3 is 2.81 bits per heavy atom. The van der Waals surface area contributed by atoms with Crippen molar-refractivity contribution < 1.29 is 18.6 Å². The van der Waals surface area contributed by atoms with Gasteiger partial charge in [0, 0.05) is 23.1 Å². The largest absolute Gasteiger partial charge is 0.496 e. The van der Waals surface area contributed by atoms with E-state index in [1.165, 1.54) is 11.8 Å². The third-order valence-electron chi connectivity index (χ3n) is 4.29. The summed E-state index contributed by atoms with van der Waals surface area (Å²) in [7, 11) is 1.67. The minimum atomic E-state index is -0.416. The number of nitrogens with zero attached hydrogens (tertiary/aromatic N) is 3. The van der Waals surface area contributed by atoms with Gasteiger partial charge in [-0.3, -0.25) is 4.98 Å². The lowest BCUT2D eigenvalue weighted by Crippen LogP contribution is -2.21. The van der Waals surface area contributed by atoms with Crippen molar-refractivity contribution in [2.24, 2.45) is 0 Å². The molecule has 140 valence electrons. The summed E-state index contributed by atoms with van der Waals surface area (Å²) in [5.41, 5.74) is 2.96. The van der Waals surface area contributed by atoms with Crippen molar-refractivity contribution >= 4 is 11.8 Å². The maximum atomic E-state index is 5.90. The second-order valence-corrected chi connectivity index (χ2v) is 7.03. The van der Waals surface area contributed by atoms with Crippen LogP contribution in [0.4, 0.5) is 0 Å². The fourth-order valence-corrected chi connectivity index (χ4v) is 3.69. The average Bonchev–Trinajstić information content (AvgIpc) is 3.16. The van der Waals surface area contributed by atoms with Crippen LogP contribution >= 0.6 is 11.8 Å². The summed E-state index contributed by atoms with van der Waals surface area (Å²) in [6, 6.07) is 7.52. The van der Waals surface area contributed by atoms with E-state index in [-0.39, 0.29) is 0 Å². The molecule has 1 aliphatic rings. The molecule has 2 aromatic heterocycles. The smallest absolute Gasteiger partial charge is 0.277 e. The van der Waals surface area contributed by atoms with Crippen molar-refractivity contribution in [3.8, 4) is 17.2 Å². The topological polar surface area (TPSA) is 79.5 Å². The quantitative estimate of drug-likeness (QED) is 0.612. The molecule has 0 fully saturated rings. The van der Waals surface area contributed by atoms with Crippen LogP contribution in [0, 0.1) is 13.8 Å². The van der Waals surface area contributed by atoms with Crippen LogP contribution in [0.1, 0.15) is 28.8 Å². The number of fused-ring (bicyclic) bond motifs is 1. The minimum Gasteiger partial charge on any atom is -0.496 e. The Morgan fingerprint density at radius 1 is 1.19 bits per heavy atom. The lowest BCUT2D eigenvalue weighted by Gasteiger charge is -2.23. The van der Waals surface area contributed by atoms with Crippen molar-refractivity contribution in [2.75, 3.05) is 13.7 Å². The molecule has 0 N–H and O–H groups in total. The third kappa shape index (κ3) is 3.57. The molecule has 0 bridgehead atoms. The highest BCUT2D eigenvalue weighted by molar-refractivity contribution is 7.98. The van der Waals surface area contributed by atoms with Crippen LogP contribution in [-0.4, -0.2) is 28.9 Å². The van der Waals surface area contributed by atoms with Crippen molar-refractivity contribution in [3.63, 3.8) is 0 Å². The van der Waals surface area contributed by atoms with Gasteiger partial charge in [-0.15, -0.1) is 10.2 Å². The number of aromatic nitrogens is 3. The van der Waals surface area contributed by atoms with Crippen LogP contribution in [-0.2, 0) is 5.75 Å². The molecule has 4 rings (SSSR count). The van der Waals surface area contributed by atoms with Gasteiger partial charge < -0.3 is 18.6 Å². The number of thioether (sulfide) groups is 1. The highest BCUT2D eigenvalue weighted by Crippen LogP contribution is 2.36. The molecule has 0 radical (unpaired) electrons. The zero-order valence-corrected chi connectivity index (χ0v) is 16.1. The summed E-state index contributed by atoms with van der Waals surface area (Å²) >= 11 is 1.43. The van der Waals surface area contributed by atoms with Gasteiger partial charge in [0.05, 0.1) is 12.8 Å². The molecule has 8 heteroatoms. The fourth-order valence-electron chi connectivity index (χ4n) is 2.90. The molecule has 0 spiro atoms. The van der Waals surface area contributed by atoms with E-state index in [0.29, 0.717) is 29.2 Å². The molecular weight excluding hydrogens is 366 g/mol. The van der Waals surface area contributed by atoms with E-state index in [1.54, 1.807) is 7.11 Å². The van der Waals surface area contributed by atoms with Crippen molar-refractivity contribution in [1.29, 1.82) is 0 Å². The summed E-state index contributed by atoms with van der Waals surface area (Å²) in [6.45, 7) is 4.31. The average molecular weight is 385 g/mol. The number of methoxy groups -OCH3 is 1. The van der Waals surface area contributed by atoms with Gasteiger partial charge in [0.2, 0.25) is 6.10 Å². The zero-order valence-electron chi connectivity index (χ0n) is 15.3. The number of hydrogen-bond donors (Lipinski definition) is 0. The highest BCUT2D eigenvalue weighted by atomic mass is 32.2. The number of pyridine rings is 1. The standard InChI is InChI=1S/C19H19N3O4S/c1-11-8-20-13(12(2)17(11)23-3)10-27-19-22-21-18(26-19)16-9-24-14-6-4-5-7-15(14)25-16/h4-8,16H,9-10H2,1-3H3. The number of benzene rings is 1. The number of rotatable bonds is 5. The van der Waals surface area contributed by atoms with Gasteiger partial charge >= 0.3 is 0 Å². The van der Waals surface area contributed by atoms with Crippen molar-refractivity contribution in [1.82, 2.24) is 15.2 Å². The zero-order chi connectivity index (χ0) is 18.8. The lowest BCUT2D eigenvalue weighted by atomic mass is 10.1. The number of para-hydroxylation sites is 2. The van der Waals surface area contributed by atoms with Crippen LogP contribution in [0.3, 0.4) is 0 Å². The summed E-state index contributed by atoms with van der Waals surface area (Å²) in [4.78, 5) is 4.49. The predicted molar refractivity (Wildman–Crippen MR) is 99.4 cm³/mol. The molecule has 1 aliphatic heterocycles. The fraction of sp³-hybridized carbons (Fsp3) is 0.316. The Balaban J connectivity index is 1.44. The van der Waals surface area contributed by atoms with Gasteiger partial charge in [0.1, 0.15) is 12.4 Å². The first kappa shape index (κ1) is 17.7. The van der Waals surface area contributed by atoms with Gasteiger partial charge in [0.15, 0.2) is 11.5 Å². The van der Waals surface area contributed by atoms with Crippen molar-refractivity contribution in [2.45, 2.75) is 30.9 Å². The Morgan fingerprint density at radius 2 is 2.00 bits per heavy atom. The Hall–Kier alpha value is -2.74. The molecule has 1 aromatic carbocycles. The monoisotopic (exact) mass is 385 g/mol. The molecular formula is C19H19N3O4S. The van der Waals surface area contributed by atoms with E-state index in [1.807, 2.05) is 44.3 Å². The summed E-state index contributed by atoms with van der Waals surface area (Å²) in [5.74, 6) is 3.26. The molecule has 0 saturated heterocycles. The molecule has 0 amide bonds. The maximum absolute atomic E-state index is 5.90. The van der Waals surface area contributed by atoms with Gasteiger partial charge in [0.25, 0.3) is 11.1 Å². The molecule has 1 unspecified atom stereocenters. The Labute approximate surface area is 161 Å². The number of ether oxygens (including phenoxy) is 3. The number of hydrogen-bond acceptors (Lipinski definition) is 8.